The van der Waals surface area contributed by atoms with Crippen LogP contribution in [0.2, 0.25) is 5.02 Å². The number of benzene rings is 1. The maximum Gasteiger partial charge on any atom is 0.125 e. The second kappa shape index (κ2) is 7.45. The monoisotopic (exact) mass is 311 g/mol. The van der Waals surface area contributed by atoms with Crippen molar-refractivity contribution >= 4 is 11.6 Å². The summed E-state index contributed by atoms with van der Waals surface area (Å²) in [6.45, 7) is 5.85. The summed E-state index contributed by atoms with van der Waals surface area (Å²) >= 11 is 6.43. The lowest BCUT2D eigenvalue weighted by Crippen LogP contribution is -2.53. The summed E-state index contributed by atoms with van der Waals surface area (Å²) in [5.74, 6) is 0.824. The first-order valence-electron chi connectivity index (χ1n) is 7.59. The van der Waals surface area contributed by atoms with Crippen molar-refractivity contribution in [2.75, 3.05) is 40.3 Å². The van der Waals surface area contributed by atoms with Crippen molar-refractivity contribution in [1.82, 2.24) is 9.80 Å². The predicted octanol–water partition coefficient (Wildman–Crippen LogP) is 2.37. The second-order valence-electron chi connectivity index (χ2n) is 5.64. The Kier molecular flexibility index (Phi) is 5.88. The molecule has 1 saturated heterocycles. The highest BCUT2D eigenvalue weighted by Gasteiger charge is 2.30. The van der Waals surface area contributed by atoms with Crippen LogP contribution in [0.5, 0.6) is 5.75 Å². The average molecular weight is 312 g/mol. The van der Waals surface area contributed by atoms with Crippen molar-refractivity contribution in [3.8, 4) is 5.75 Å². The maximum absolute atomic E-state index is 6.43. The van der Waals surface area contributed by atoms with Gasteiger partial charge in [-0.1, -0.05) is 24.6 Å². The Labute approximate surface area is 132 Å². The first kappa shape index (κ1) is 16.6. The highest BCUT2D eigenvalue weighted by atomic mass is 35.5. The van der Waals surface area contributed by atoms with Crippen LogP contribution in [-0.4, -0.2) is 56.2 Å². The summed E-state index contributed by atoms with van der Waals surface area (Å²) in [6.07, 6.45) is 1.14. The van der Waals surface area contributed by atoms with Gasteiger partial charge >= 0.3 is 0 Å². The molecular weight excluding hydrogens is 286 g/mol. The number of ether oxygens (including phenoxy) is 1. The minimum atomic E-state index is 0.108. The molecule has 2 atom stereocenters. The topological polar surface area (TPSA) is 41.7 Å². The molecule has 0 aliphatic carbocycles. The number of rotatable bonds is 5. The van der Waals surface area contributed by atoms with E-state index < -0.39 is 0 Å². The molecule has 5 heteroatoms. The smallest absolute Gasteiger partial charge is 0.125 e. The molecule has 0 saturated carbocycles. The van der Waals surface area contributed by atoms with Crippen LogP contribution in [0.4, 0.5) is 0 Å². The van der Waals surface area contributed by atoms with E-state index in [1.165, 1.54) is 0 Å². The van der Waals surface area contributed by atoms with E-state index in [1.807, 2.05) is 18.2 Å². The van der Waals surface area contributed by atoms with Gasteiger partial charge in [0.05, 0.1) is 13.2 Å². The molecule has 1 heterocycles. The van der Waals surface area contributed by atoms with Crippen molar-refractivity contribution in [2.24, 2.45) is 5.73 Å². The zero-order chi connectivity index (χ0) is 15.4. The van der Waals surface area contributed by atoms with E-state index in [4.69, 9.17) is 22.1 Å². The van der Waals surface area contributed by atoms with E-state index in [-0.39, 0.29) is 6.04 Å². The van der Waals surface area contributed by atoms with Gasteiger partial charge in [0.25, 0.3) is 0 Å². The van der Waals surface area contributed by atoms with Crippen molar-refractivity contribution in [1.29, 1.82) is 0 Å². The van der Waals surface area contributed by atoms with Gasteiger partial charge in [-0.05, 0) is 25.6 Å². The standard InChI is InChI=1S/C16H26ClN3O/c1-4-12-11-20(9-8-19(12)2)14(10-18)16-13(17)6-5-7-15(16)21-3/h5-7,12,14H,4,8-11,18H2,1-3H3. The molecule has 0 radical (unpaired) electrons. The number of nitrogens with zero attached hydrogens (tertiary/aromatic N) is 2. The van der Waals surface area contributed by atoms with Crippen LogP contribution in [0.3, 0.4) is 0 Å². The summed E-state index contributed by atoms with van der Waals surface area (Å²) in [4.78, 5) is 4.87. The van der Waals surface area contributed by atoms with Crippen LogP contribution in [0, 0.1) is 0 Å². The van der Waals surface area contributed by atoms with E-state index in [0.29, 0.717) is 12.6 Å². The third-order valence-electron chi connectivity index (χ3n) is 4.51. The van der Waals surface area contributed by atoms with Crippen molar-refractivity contribution < 1.29 is 4.74 Å². The van der Waals surface area contributed by atoms with Gasteiger partial charge in [-0.3, -0.25) is 4.90 Å². The van der Waals surface area contributed by atoms with Crippen molar-refractivity contribution in [3.05, 3.63) is 28.8 Å². The Morgan fingerprint density at radius 1 is 1.43 bits per heavy atom. The Balaban J connectivity index is 2.28. The molecule has 4 nitrogen and oxygen atoms in total. The zero-order valence-corrected chi connectivity index (χ0v) is 13.9. The Morgan fingerprint density at radius 3 is 2.81 bits per heavy atom. The molecule has 1 aliphatic heterocycles. The molecule has 1 aromatic carbocycles. The largest absolute Gasteiger partial charge is 0.496 e. The van der Waals surface area contributed by atoms with Crippen molar-refractivity contribution in [2.45, 2.75) is 25.4 Å². The van der Waals surface area contributed by atoms with Crippen LogP contribution in [-0.2, 0) is 0 Å². The SMILES string of the molecule is CCC1CN(C(CN)c2c(Cl)cccc2OC)CCN1C. The van der Waals surface area contributed by atoms with Crippen LogP contribution < -0.4 is 10.5 Å². The van der Waals surface area contributed by atoms with Crippen LogP contribution in [0.1, 0.15) is 24.9 Å². The van der Waals surface area contributed by atoms with E-state index in [0.717, 1.165) is 42.4 Å². The van der Waals surface area contributed by atoms with Gasteiger partial charge in [0.15, 0.2) is 0 Å². The number of piperazine rings is 1. The van der Waals surface area contributed by atoms with Gasteiger partial charge in [0, 0.05) is 42.8 Å². The minimum absolute atomic E-state index is 0.108. The molecule has 0 spiro atoms. The van der Waals surface area contributed by atoms with Gasteiger partial charge in [-0.15, -0.1) is 0 Å². The fourth-order valence-electron chi connectivity index (χ4n) is 3.16. The Bertz CT molecular complexity index is 469. The molecule has 21 heavy (non-hydrogen) atoms. The fourth-order valence-corrected chi connectivity index (χ4v) is 3.45. The van der Waals surface area contributed by atoms with E-state index >= 15 is 0 Å². The molecule has 118 valence electrons. The van der Waals surface area contributed by atoms with Gasteiger partial charge in [0.2, 0.25) is 0 Å². The molecule has 1 fully saturated rings. The first-order chi connectivity index (χ1) is 10.1. The third-order valence-corrected chi connectivity index (χ3v) is 4.84. The fraction of sp³-hybridized carbons (Fsp3) is 0.625. The molecule has 0 aromatic heterocycles. The summed E-state index contributed by atoms with van der Waals surface area (Å²) in [5.41, 5.74) is 7.10. The van der Waals surface area contributed by atoms with Gasteiger partial charge in [-0.2, -0.15) is 0 Å². The van der Waals surface area contributed by atoms with Gasteiger partial charge in [0.1, 0.15) is 5.75 Å². The van der Waals surface area contributed by atoms with Crippen LogP contribution in [0.15, 0.2) is 18.2 Å². The van der Waals surface area contributed by atoms with E-state index in [1.54, 1.807) is 7.11 Å². The highest BCUT2D eigenvalue weighted by Crippen LogP contribution is 2.35. The van der Waals surface area contributed by atoms with E-state index in [2.05, 4.69) is 23.8 Å². The average Bonchev–Trinajstić information content (AvgIpc) is 2.50. The summed E-state index contributed by atoms with van der Waals surface area (Å²) in [5, 5.41) is 0.733. The number of nitrogens with two attached hydrogens (primary N) is 1. The molecular formula is C16H26ClN3O. The Morgan fingerprint density at radius 2 is 2.19 bits per heavy atom. The lowest BCUT2D eigenvalue weighted by atomic mass is 10.0. The maximum atomic E-state index is 6.43. The Hall–Kier alpha value is -0.810. The lowest BCUT2D eigenvalue weighted by molar-refractivity contribution is 0.0636. The predicted molar refractivity (Wildman–Crippen MR) is 88.1 cm³/mol. The zero-order valence-electron chi connectivity index (χ0n) is 13.2. The molecule has 0 bridgehead atoms. The number of hydrogen-bond acceptors (Lipinski definition) is 4. The molecule has 2 unspecified atom stereocenters. The van der Waals surface area contributed by atoms with E-state index in [9.17, 15) is 0 Å². The van der Waals surface area contributed by atoms with Crippen LogP contribution in [0.25, 0.3) is 0 Å². The summed E-state index contributed by atoms with van der Waals surface area (Å²) in [6, 6.07) is 6.46. The van der Waals surface area contributed by atoms with Gasteiger partial charge in [-0.25, -0.2) is 0 Å². The van der Waals surface area contributed by atoms with Crippen molar-refractivity contribution in [3.63, 3.8) is 0 Å². The molecule has 1 aromatic rings. The first-order valence-corrected chi connectivity index (χ1v) is 7.96. The summed E-state index contributed by atoms with van der Waals surface area (Å²) in [7, 11) is 3.88. The second-order valence-corrected chi connectivity index (χ2v) is 6.05. The number of methoxy groups -OCH3 is 1. The summed E-state index contributed by atoms with van der Waals surface area (Å²) < 4.78 is 5.50. The number of likely N-dealkylation sites (N-methyl/N-ethyl adjacent to an activating group) is 1. The lowest BCUT2D eigenvalue weighted by Gasteiger charge is -2.43. The molecule has 2 rings (SSSR count). The number of halogens is 1. The molecule has 0 amide bonds. The van der Waals surface area contributed by atoms with Gasteiger partial charge < -0.3 is 15.4 Å². The normalized spacial score (nSPS) is 22.2. The third kappa shape index (κ3) is 3.51. The molecule has 2 N–H and O–H groups in total. The number of hydrogen-bond donors (Lipinski definition) is 1. The minimum Gasteiger partial charge on any atom is -0.496 e. The quantitative estimate of drug-likeness (QED) is 0.906. The molecule has 1 aliphatic rings. The van der Waals surface area contributed by atoms with Crippen LogP contribution >= 0.6 is 11.6 Å². The highest BCUT2D eigenvalue weighted by molar-refractivity contribution is 6.31.